The molecule has 0 bridgehead atoms. The fourth-order valence-corrected chi connectivity index (χ4v) is 1.05. The number of carboxylic acids is 1. The molecular weight excluding hydrogens is 216 g/mol. The highest BCUT2D eigenvalue weighted by Crippen LogP contribution is 1.97. The molecule has 0 aromatic rings. The first-order valence-electron chi connectivity index (χ1n) is 4.78. The maximum absolute atomic E-state index is 10.7. The van der Waals surface area contributed by atoms with Crippen LogP contribution in [-0.4, -0.2) is 42.6 Å². The number of carbonyl (C=O) groups is 3. The molecule has 0 saturated carbocycles. The summed E-state index contributed by atoms with van der Waals surface area (Å²) in [4.78, 5) is 32.0. The van der Waals surface area contributed by atoms with E-state index in [2.05, 4.69) is 10.1 Å². The van der Waals surface area contributed by atoms with Crippen LogP contribution < -0.4 is 11.1 Å². The first-order valence-corrected chi connectivity index (χ1v) is 4.78. The van der Waals surface area contributed by atoms with Crippen LogP contribution in [-0.2, 0) is 19.1 Å². The summed E-state index contributed by atoms with van der Waals surface area (Å²) in [6.07, 6.45) is 0.172. The number of hydrogen-bond donors (Lipinski definition) is 3. The molecule has 92 valence electrons. The normalized spacial score (nSPS) is 11.8. The van der Waals surface area contributed by atoms with Gasteiger partial charge in [0.15, 0.2) is 0 Å². The highest BCUT2D eigenvalue weighted by atomic mass is 16.5. The standard InChI is InChI=1S/C9H16N2O5/c1-16-8(13)4-5-11-6(9(14)15)2-3-7(10)12/h6,11H,2-5H2,1H3,(H2,10,12)(H,14,15). The molecule has 4 N–H and O–H groups in total. The third-order valence-electron chi connectivity index (χ3n) is 1.93. The zero-order valence-electron chi connectivity index (χ0n) is 9.06. The van der Waals surface area contributed by atoms with Crippen molar-refractivity contribution in [3.8, 4) is 0 Å². The number of methoxy groups -OCH3 is 1. The van der Waals surface area contributed by atoms with Crippen molar-refractivity contribution in [3.63, 3.8) is 0 Å². The average molecular weight is 232 g/mol. The van der Waals surface area contributed by atoms with Crippen molar-refractivity contribution in [2.24, 2.45) is 5.73 Å². The van der Waals surface area contributed by atoms with Gasteiger partial charge in [-0.1, -0.05) is 0 Å². The molecule has 0 radical (unpaired) electrons. The van der Waals surface area contributed by atoms with Crippen molar-refractivity contribution in [1.82, 2.24) is 5.32 Å². The second kappa shape index (κ2) is 7.63. The first kappa shape index (κ1) is 14.4. The van der Waals surface area contributed by atoms with Crippen LogP contribution >= 0.6 is 0 Å². The van der Waals surface area contributed by atoms with E-state index in [9.17, 15) is 14.4 Å². The van der Waals surface area contributed by atoms with E-state index in [4.69, 9.17) is 10.8 Å². The Kier molecular flexibility index (Phi) is 6.86. The van der Waals surface area contributed by atoms with Gasteiger partial charge in [-0.05, 0) is 6.42 Å². The first-order chi connectivity index (χ1) is 7.47. The number of carbonyl (C=O) groups excluding carboxylic acids is 2. The molecule has 16 heavy (non-hydrogen) atoms. The summed E-state index contributed by atoms with van der Waals surface area (Å²) >= 11 is 0. The van der Waals surface area contributed by atoms with Crippen LogP contribution in [0, 0.1) is 0 Å². The van der Waals surface area contributed by atoms with Crippen LogP contribution in [0.25, 0.3) is 0 Å². The van der Waals surface area contributed by atoms with Crippen LogP contribution in [0.5, 0.6) is 0 Å². The molecule has 7 heteroatoms. The maximum atomic E-state index is 10.7. The summed E-state index contributed by atoms with van der Waals surface area (Å²) in [6, 6.07) is -0.878. The number of primary amides is 1. The van der Waals surface area contributed by atoms with Gasteiger partial charge in [0.25, 0.3) is 0 Å². The SMILES string of the molecule is COC(=O)CCNC(CCC(N)=O)C(=O)O. The second-order valence-electron chi connectivity index (χ2n) is 3.18. The lowest BCUT2D eigenvalue weighted by Crippen LogP contribution is -2.38. The lowest BCUT2D eigenvalue weighted by molar-refractivity contribution is -0.142. The van der Waals surface area contributed by atoms with Crippen LogP contribution in [0.1, 0.15) is 19.3 Å². The number of esters is 1. The van der Waals surface area contributed by atoms with Crippen LogP contribution in [0.4, 0.5) is 0 Å². The summed E-state index contributed by atoms with van der Waals surface area (Å²) in [6.45, 7) is 0.183. The summed E-state index contributed by atoms with van der Waals surface area (Å²) in [5.74, 6) is -2.06. The number of rotatable bonds is 8. The molecule has 0 saturated heterocycles. The molecule has 7 nitrogen and oxygen atoms in total. The zero-order valence-corrected chi connectivity index (χ0v) is 9.06. The van der Waals surface area contributed by atoms with Gasteiger partial charge in [0, 0.05) is 13.0 Å². The predicted octanol–water partition coefficient (Wildman–Crippen LogP) is -1.14. The van der Waals surface area contributed by atoms with Gasteiger partial charge in [-0.3, -0.25) is 14.4 Å². The van der Waals surface area contributed by atoms with E-state index in [1.165, 1.54) is 7.11 Å². The van der Waals surface area contributed by atoms with E-state index >= 15 is 0 Å². The third-order valence-corrected chi connectivity index (χ3v) is 1.93. The zero-order chi connectivity index (χ0) is 12.6. The average Bonchev–Trinajstić information content (AvgIpc) is 2.21. The van der Waals surface area contributed by atoms with Crippen molar-refractivity contribution in [2.75, 3.05) is 13.7 Å². The van der Waals surface area contributed by atoms with E-state index < -0.39 is 23.9 Å². The van der Waals surface area contributed by atoms with Crippen LogP contribution in [0.2, 0.25) is 0 Å². The van der Waals surface area contributed by atoms with Crippen molar-refractivity contribution in [2.45, 2.75) is 25.3 Å². The maximum Gasteiger partial charge on any atom is 0.320 e. The van der Waals surface area contributed by atoms with E-state index in [1.807, 2.05) is 0 Å². The Balaban J connectivity index is 3.90. The fraction of sp³-hybridized carbons (Fsp3) is 0.667. The molecule has 0 aromatic carbocycles. The number of ether oxygens (including phenoxy) is 1. The molecule has 0 aliphatic rings. The lowest BCUT2D eigenvalue weighted by Gasteiger charge is -2.12. The quantitative estimate of drug-likeness (QED) is 0.455. The molecule has 0 aliphatic carbocycles. The van der Waals surface area contributed by atoms with Crippen molar-refractivity contribution in [1.29, 1.82) is 0 Å². The minimum Gasteiger partial charge on any atom is -0.480 e. The highest BCUT2D eigenvalue weighted by molar-refractivity contribution is 5.77. The topological polar surface area (TPSA) is 119 Å². The number of amides is 1. The number of carboxylic acid groups (broad SMARTS) is 1. The molecule has 1 amide bonds. The fourth-order valence-electron chi connectivity index (χ4n) is 1.05. The van der Waals surface area contributed by atoms with E-state index in [-0.39, 0.29) is 25.8 Å². The summed E-state index contributed by atoms with van der Waals surface area (Å²) in [5, 5.41) is 11.4. The number of nitrogens with one attached hydrogen (secondary N) is 1. The van der Waals surface area contributed by atoms with Crippen molar-refractivity contribution < 1.29 is 24.2 Å². The Bertz CT molecular complexity index is 267. The van der Waals surface area contributed by atoms with Gasteiger partial charge in [0.1, 0.15) is 6.04 Å². The second-order valence-corrected chi connectivity index (χ2v) is 3.18. The largest absolute Gasteiger partial charge is 0.480 e. The number of aliphatic carboxylic acids is 1. The highest BCUT2D eigenvalue weighted by Gasteiger charge is 2.17. The van der Waals surface area contributed by atoms with Crippen molar-refractivity contribution in [3.05, 3.63) is 0 Å². The Morgan fingerprint density at radius 1 is 1.38 bits per heavy atom. The minimum absolute atomic E-state index is 0.0117. The summed E-state index contributed by atoms with van der Waals surface area (Å²) in [5.41, 5.74) is 4.91. The monoisotopic (exact) mass is 232 g/mol. The Hall–Kier alpha value is -1.63. The Morgan fingerprint density at radius 2 is 2.00 bits per heavy atom. The van der Waals surface area contributed by atoms with Gasteiger partial charge < -0.3 is 20.9 Å². The molecule has 0 heterocycles. The van der Waals surface area contributed by atoms with Crippen molar-refractivity contribution >= 4 is 17.8 Å². The smallest absolute Gasteiger partial charge is 0.320 e. The van der Waals surface area contributed by atoms with Gasteiger partial charge in [0.05, 0.1) is 13.5 Å². The van der Waals surface area contributed by atoms with Gasteiger partial charge in [-0.2, -0.15) is 0 Å². The molecule has 0 aromatic heterocycles. The third kappa shape index (κ3) is 6.77. The molecular formula is C9H16N2O5. The van der Waals surface area contributed by atoms with E-state index in [0.29, 0.717) is 0 Å². The number of nitrogens with two attached hydrogens (primary N) is 1. The lowest BCUT2D eigenvalue weighted by atomic mass is 10.1. The molecule has 0 spiro atoms. The Morgan fingerprint density at radius 3 is 2.44 bits per heavy atom. The molecule has 0 fully saturated rings. The van der Waals surface area contributed by atoms with E-state index in [1.54, 1.807) is 0 Å². The predicted molar refractivity (Wildman–Crippen MR) is 54.5 cm³/mol. The Labute approximate surface area is 92.9 Å². The summed E-state index contributed by atoms with van der Waals surface area (Å²) < 4.78 is 4.39. The molecule has 1 unspecified atom stereocenters. The summed E-state index contributed by atoms with van der Waals surface area (Å²) in [7, 11) is 1.25. The van der Waals surface area contributed by atoms with Gasteiger partial charge >= 0.3 is 11.9 Å². The molecule has 0 rings (SSSR count). The van der Waals surface area contributed by atoms with Crippen LogP contribution in [0.15, 0.2) is 0 Å². The van der Waals surface area contributed by atoms with Crippen LogP contribution in [0.3, 0.4) is 0 Å². The minimum atomic E-state index is -1.08. The van der Waals surface area contributed by atoms with E-state index in [0.717, 1.165) is 0 Å². The van der Waals surface area contributed by atoms with Gasteiger partial charge in [-0.25, -0.2) is 0 Å². The van der Waals surface area contributed by atoms with Gasteiger partial charge in [-0.15, -0.1) is 0 Å². The van der Waals surface area contributed by atoms with Gasteiger partial charge in [0.2, 0.25) is 5.91 Å². The molecule has 0 aliphatic heterocycles. The number of hydrogen-bond acceptors (Lipinski definition) is 5. The molecule has 1 atom stereocenters.